The van der Waals surface area contributed by atoms with Crippen LogP contribution >= 0.6 is 11.6 Å². The van der Waals surface area contributed by atoms with Crippen molar-refractivity contribution >= 4 is 17.4 Å². The lowest BCUT2D eigenvalue weighted by atomic mass is 10.3. The maximum atomic E-state index is 12.9. The summed E-state index contributed by atoms with van der Waals surface area (Å²) < 4.78 is 23.5. The number of ether oxygens (including phenoxy) is 2. The molecular weight excluding hydrogens is 315 g/mol. The lowest BCUT2D eigenvalue weighted by molar-refractivity contribution is -0.390. The van der Waals surface area contributed by atoms with E-state index in [4.69, 9.17) is 21.1 Å². The van der Waals surface area contributed by atoms with Crippen LogP contribution < -0.4 is 9.47 Å². The van der Waals surface area contributed by atoms with E-state index >= 15 is 0 Å². The van der Waals surface area contributed by atoms with E-state index in [0.717, 1.165) is 6.07 Å². The lowest BCUT2D eigenvalue weighted by Crippen LogP contribution is -2.10. The molecule has 0 atom stereocenters. The van der Waals surface area contributed by atoms with E-state index < -0.39 is 10.7 Å². The first-order valence-corrected chi connectivity index (χ1v) is 6.68. The number of hydrogen-bond acceptors (Lipinski definition) is 5. The zero-order valence-corrected chi connectivity index (χ0v) is 12.3. The molecule has 0 saturated carbocycles. The highest BCUT2D eigenvalue weighted by atomic mass is 35.5. The van der Waals surface area contributed by atoms with Crippen molar-refractivity contribution in [2.45, 2.75) is 6.92 Å². The minimum atomic E-state index is -0.611. The van der Waals surface area contributed by atoms with E-state index in [-0.39, 0.29) is 29.8 Å². The van der Waals surface area contributed by atoms with Crippen molar-refractivity contribution < 1.29 is 18.8 Å². The summed E-state index contributed by atoms with van der Waals surface area (Å²) in [5, 5.41) is 11.0. The molecule has 0 amide bonds. The van der Waals surface area contributed by atoms with E-state index in [1.54, 1.807) is 13.0 Å². The van der Waals surface area contributed by atoms with Gasteiger partial charge in [-0.3, -0.25) is 0 Å². The number of hydrogen-bond donors (Lipinski definition) is 0. The summed E-state index contributed by atoms with van der Waals surface area (Å²) in [7, 11) is 0. The van der Waals surface area contributed by atoms with E-state index in [9.17, 15) is 14.5 Å². The molecule has 0 bridgehead atoms. The molecule has 0 unspecified atom stereocenters. The van der Waals surface area contributed by atoms with Crippen LogP contribution in [0.2, 0.25) is 5.02 Å². The Balaban J connectivity index is 1.93. The molecular formula is C14H12ClFN2O4. The Morgan fingerprint density at radius 1 is 1.23 bits per heavy atom. The van der Waals surface area contributed by atoms with E-state index in [1.165, 1.54) is 18.2 Å². The first-order valence-electron chi connectivity index (χ1n) is 6.30. The molecule has 0 spiro atoms. The first-order chi connectivity index (χ1) is 10.5. The number of aromatic nitrogens is 1. The Labute approximate surface area is 130 Å². The Kier molecular flexibility index (Phi) is 5.11. The average molecular weight is 327 g/mol. The van der Waals surface area contributed by atoms with Gasteiger partial charge >= 0.3 is 5.82 Å². The second-order valence-electron chi connectivity index (χ2n) is 4.30. The summed E-state index contributed by atoms with van der Waals surface area (Å²) in [5.41, 5.74) is 0.522. The smallest absolute Gasteiger partial charge is 0.406 e. The molecule has 0 saturated heterocycles. The van der Waals surface area contributed by atoms with E-state index in [2.05, 4.69) is 4.98 Å². The van der Waals surface area contributed by atoms with Crippen LogP contribution in [0.1, 0.15) is 5.69 Å². The van der Waals surface area contributed by atoms with Crippen molar-refractivity contribution in [1.82, 2.24) is 4.98 Å². The van der Waals surface area contributed by atoms with Gasteiger partial charge in [0.15, 0.2) is 0 Å². The number of nitro groups is 1. The fourth-order valence-corrected chi connectivity index (χ4v) is 1.89. The third-order valence-corrected chi connectivity index (χ3v) is 2.94. The van der Waals surface area contributed by atoms with Crippen LogP contribution in [0.5, 0.6) is 11.5 Å². The van der Waals surface area contributed by atoms with Gasteiger partial charge in [0.1, 0.15) is 30.5 Å². The molecule has 0 N–H and O–H groups in total. The first kappa shape index (κ1) is 16.0. The molecule has 8 heteroatoms. The van der Waals surface area contributed by atoms with Gasteiger partial charge in [0.25, 0.3) is 0 Å². The van der Waals surface area contributed by atoms with Crippen LogP contribution in [0.15, 0.2) is 30.3 Å². The minimum Gasteiger partial charge on any atom is -0.488 e. The molecule has 1 heterocycles. The number of aryl methyl sites for hydroxylation is 1. The van der Waals surface area contributed by atoms with Crippen LogP contribution in [-0.2, 0) is 0 Å². The zero-order chi connectivity index (χ0) is 16.1. The molecule has 2 aromatic rings. The summed E-state index contributed by atoms with van der Waals surface area (Å²) in [5.74, 6) is -0.442. The maximum absolute atomic E-state index is 12.9. The Morgan fingerprint density at radius 2 is 1.86 bits per heavy atom. The summed E-state index contributed by atoms with van der Waals surface area (Å²) in [6.45, 7) is 1.80. The molecule has 116 valence electrons. The SMILES string of the molecule is Cc1ccc(OCCOc2ccc(F)cc2Cl)c([N+](=O)[O-])n1. The molecule has 0 aliphatic heterocycles. The number of rotatable bonds is 6. The maximum Gasteiger partial charge on any atom is 0.406 e. The van der Waals surface area contributed by atoms with Crippen molar-refractivity contribution in [3.8, 4) is 11.5 Å². The third kappa shape index (κ3) is 4.05. The van der Waals surface area contributed by atoms with Crippen LogP contribution in [-0.4, -0.2) is 23.1 Å². The highest BCUT2D eigenvalue weighted by molar-refractivity contribution is 6.32. The van der Waals surface area contributed by atoms with Gasteiger partial charge in [-0.1, -0.05) is 11.6 Å². The number of nitrogens with zero attached hydrogens (tertiary/aromatic N) is 2. The van der Waals surface area contributed by atoms with Gasteiger partial charge < -0.3 is 19.6 Å². The average Bonchev–Trinajstić information content (AvgIpc) is 2.46. The molecule has 6 nitrogen and oxygen atoms in total. The zero-order valence-electron chi connectivity index (χ0n) is 11.6. The largest absolute Gasteiger partial charge is 0.488 e. The second kappa shape index (κ2) is 7.04. The summed E-state index contributed by atoms with van der Waals surface area (Å²) in [6.07, 6.45) is 0. The van der Waals surface area contributed by atoms with E-state index in [1.807, 2.05) is 0 Å². The summed E-state index contributed by atoms with van der Waals surface area (Å²) >= 11 is 5.80. The monoisotopic (exact) mass is 326 g/mol. The Morgan fingerprint density at radius 3 is 2.50 bits per heavy atom. The van der Waals surface area contributed by atoms with Gasteiger partial charge in [-0.25, -0.2) is 4.39 Å². The molecule has 0 aliphatic rings. The Bertz CT molecular complexity index is 697. The molecule has 0 radical (unpaired) electrons. The number of pyridine rings is 1. The second-order valence-corrected chi connectivity index (χ2v) is 4.71. The van der Waals surface area contributed by atoms with E-state index in [0.29, 0.717) is 11.4 Å². The van der Waals surface area contributed by atoms with Crippen molar-refractivity contribution in [1.29, 1.82) is 0 Å². The molecule has 0 fully saturated rings. The van der Waals surface area contributed by atoms with Gasteiger partial charge in [-0.2, -0.15) is 0 Å². The fraction of sp³-hybridized carbons (Fsp3) is 0.214. The normalized spacial score (nSPS) is 10.3. The van der Waals surface area contributed by atoms with Crippen LogP contribution in [0.25, 0.3) is 0 Å². The molecule has 1 aromatic carbocycles. The number of halogens is 2. The van der Waals surface area contributed by atoms with Gasteiger partial charge in [-0.05, 0) is 40.2 Å². The van der Waals surface area contributed by atoms with Crippen LogP contribution in [0.3, 0.4) is 0 Å². The van der Waals surface area contributed by atoms with Crippen molar-refractivity contribution in [2.24, 2.45) is 0 Å². The topological polar surface area (TPSA) is 74.5 Å². The molecule has 2 rings (SSSR count). The quantitative estimate of drug-likeness (QED) is 0.461. The van der Waals surface area contributed by atoms with Crippen LogP contribution in [0.4, 0.5) is 10.2 Å². The predicted octanol–water partition coefficient (Wildman–Crippen LogP) is 3.55. The van der Waals surface area contributed by atoms with Gasteiger partial charge in [0.2, 0.25) is 5.75 Å². The van der Waals surface area contributed by atoms with Crippen LogP contribution in [0, 0.1) is 22.9 Å². The van der Waals surface area contributed by atoms with Crippen molar-refractivity contribution in [3.63, 3.8) is 0 Å². The van der Waals surface area contributed by atoms with Crippen molar-refractivity contribution in [2.75, 3.05) is 13.2 Å². The predicted molar refractivity (Wildman–Crippen MR) is 78.0 cm³/mol. The molecule has 0 aliphatic carbocycles. The molecule has 22 heavy (non-hydrogen) atoms. The standard InChI is InChI=1S/C14H12ClFN2O4/c1-9-2-4-13(14(17-9)18(19)20)22-7-6-21-12-5-3-10(16)8-11(12)15/h2-5,8H,6-7H2,1H3. The highest BCUT2D eigenvalue weighted by Crippen LogP contribution is 2.26. The Hall–Kier alpha value is -2.41. The van der Waals surface area contributed by atoms with Crippen molar-refractivity contribution in [3.05, 3.63) is 57.0 Å². The summed E-state index contributed by atoms with van der Waals surface area (Å²) in [4.78, 5) is 14.1. The number of benzene rings is 1. The summed E-state index contributed by atoms with van der Waals surface area (Å²) in [6, 6.07) is 6.84. The molecule has 1 aromatic heterocycles. The lowest BCUT2D eigenvalue weighted by Gasteiger charge is -2.09. The third-order valence-electron chi connectivity index (χ3n) is 2.64. The minimum absolute atomic E-state index is 0.0548. The van der Waals surface area contributed by atoms with Gasteiger partial charge in [-0.15, -0.1) is 0 Å². The fourth-order valence-electron chi connectivity index (χ4n) is 1.67. The van der Waals surface area contributed by atoms with Gasteiger partial charge in [0, 0.05) is 6.92 Å². The highest BCUT2D eigenvalue weighted by Gasteiger charge is 2.17. The van der Waals surface area contributed by atoms with Gasteiger partial charge in [0.05, 0.1) is 5.02 Å².